The second-order valence-electron chi connectivity index (χ2n) is 8.55. The summed E-state index contributed by atoms with van der Waals surface area (Å²) in [6, 6.07) is 3.60. The summed E-state index contributed by atoms with van der Waals surface area (Å²) in [4.78, 5) is 28.5. The minimum absolute atomic E-state index is 0.0326. The Morgan fingerprint density at radius 2 is 1.74 bits per heavy atom. The van der Waals surface area contributed by atoms with E-state index < -0.39 is 79.5 Å². The molecule has 0 aliphatic carbocycles. The highest BCUT2D eigenvalue weighted by atomic mass is 35.5. The van der Waals surface area contributed by atoms with Crippen molar-refractivity contribution >= 4 is 39.0 Å². The Morgan fingerprint density at radius 3 is 2.28 bits per heavy atom. The van der Waals surface area contributed by atoms with Gasteiger partial charge in [-0.1, -0.05) is 22.8 Å². The van der Waals surface area contributed by atoms with Gasteiger partial charge in [0.25, 0.3) is 17.4 Å². The molecule has 8 nitrogen and oxygen atoms in total. The average molecular weight is 604 g/mol. The largest absolute Gasteiger partial charge is 0.435 e. The highest BCUT2D eigenvalue weighted by Gasteiger charge is 2.64. The van der Waals surface area contributed by atoms with Gasteiger partial charge in [-0.15, -0.1) is 0 Å². The number of aryl methyl sites for hydroxylation is 1. The van der Waals surface area contributed by atoms with Crippen molar-refractivity contribution in [3.8, 4) is 0 Å². The molecule has 0 saturated carbocycles. The van der Waals surface area contributed by atoms with Crippen molar-refractivity contribution < 1.29 is 53.6 Å². The highest BCUT2D eigenvalue weighted by molar-refractivity contribution is 7.91. The number of carbonyl (C=O) groups excluding carboxylic acids is 2. The number of benzene rings is 2. The Bertz CT molecular complexity index is 1480. The Hall–Kier alpha value is -3.40. The summed E-state index contributed by atoms with van der Waals surface area (Å²) in [5.74, 6) is -4.58. The van der Waals surface area contributed by atoms with E-state index in [0.717, 1.165) is 18.4 Å². The molecule has 0 unspecified atom stereocenters. The second kappa shape index (κ2) is 10.3. The number of hydrazine groups is 1. The molecule has 3 rings (SSSR count). The van der Waals surface area contributed by atoms with Crippen LogP contribution in [0.4, 0.5) is 30.7 Å². The number of carbonyl (C=O) groups is 2. The average Bonchev–Trinajstić information content (AvgIpc) is 3.24. The molecule has 0 spiro atoms. The third-order valence-electron chi connectivity index (χ3n) is 5.49. The first-order chi connectivity index (χ1) is 17.7. The van der Waals surface area contributed by atoms with Gasteiger partial charge in [-0.05, 0) is 42.3 Å². The molecule has 2 N–H and O–H groups in total. The maximum absolute atomic E-state index is 14.7. The van der Waals surface area contributed by atoms with E-state index in [4.69, 9.17) is 11.6 Å². The molecular formula is C22H17ClF7N3O5S. The van der Waals surface area contributed by atoms with Gasteiger partial charge in [0.05, 0.1) is 22.7 Å². The highest BCUT2D eigenvalue weighted by Crippen LogP contribution is 2.51. The number of nitrogens with one attached hydrogen (secondary N) is 2. The zero-order chi connectivity index (χ0) is 29.6. The molecule has 17 heteroatoms. The molecule has 212 valence electrons. The van der Waals surface area contributed by atoms with E-state index in [2.05, 4.69) is 9.99 Å². The van der Waals surface area contributed by atoms with Crippen molar-refractivity contribution in [2.45, 2.75) is 31.3 Å². The van der Waals surface area contributed by atoms with E-state index in [-0.39, 0.29) is 28.8 Å². The van der Waals surface area contributed by atoms with Crippen molar-refractivity contribution in [2.24, 2.45) is 5.16 Å². The van der Waals surface area contributed by atoms with Crippen molar-refractivity contribution in [2.75, 3.05) is 12.0 Å². The van der Waals surface area contributed by atoms with E-state index in [9.17, 15) is 48.7 Å². The molecule has 1 heterocycles. The van der Waals surface area contributed by atoms with Gasteiger partial charge in [-0.25, -0.2) is 12.8 Å². The third kappa shape index (κ3) is 6.43. The molecular weight excluding hydrogens is 587 g/mol. The van der Waals surface area contributed by atoms with Crippen LogP contribution >= 0.6 is 11.6 Å². The molecule has 0 radical (unpaired) electrons. The minimum Gasteiger partial charge on any atom is -0.374 e. The lowest BCUT2D eigenvalue weighted by atomic mass is 9.85. The zero-order valence-corrected chi connectivity index (χ0v) is 21.3. The Labute approximate surface area is 221 Å². The minimum atomic E-state index is -5.44. The van der Waals surface area contributed by atoms with Crippen LogP contribution < -0.4 is 10.9 Å². The number of hydrogen-bond acceptors (Lipinski definition) is 6. The number of nitrogens with zero attached hydrogens (tertiary/aromatic N) is 1. The van der Waals surface area contributed by atoms with Gasteiger partial charge in [0.15, 0.2) is 9.84 Å². The maximum Gasteiger partial charge on any atom is 0.435 e. The predicted molar refractivity (Wildman–Crippen MR) is 123 cm³/mol. The van der Waals surface area contributed by atoms with Gasteiger partial charge in [-0.2, -0.15) is 26.3 Å². The Balaban J connectivity index is 1.90. The van der Waals surface area contributed by atoms with Crippen molar-refractivity contribution in [1.29, 1.82) is 0 Å². The number of alkyl halides is 6. The summed E-state index contributed by atoms with van der Waals surface area (Å²) in [6.45, 7) is 1.37. The molecule has 1 aliphatic rings. The summed E-state index contributed by atoms with van der Waals surface area (Å²) in [6.07, 6.45) is -11.0. The SMILES string of the molecule is Cc1cc(C2=NO[C@](c3cc(C(F)(F)F)cc(Cl)c3F)(C(F)(F)F)C2)ccc1C(=O)NNC(=O)CS(C)(=O)=O. The van der Waals surface area contributed by atoms with Gasteiger partial charge in [0.1, 0.15) is 11.6 Å². The summed E-state index contributed by atoms with van der Waals surface area (Å²) in [5.41, 5.74) is -3.26. The fraction of sp³-hybridized carbons (Fsp3) is 0.318. The van der Waals surface area contributed by atoms with E-state index in [1.165, 1.54) is 13.0 Å². The fourth-order valence-corrected chi connectivity index (χ4v) is 4.42. The molecule has 2 aromatic rings. The lowest BCUT2D eigenvalue weighted by molar-refractivity contribution is -0.276. The van der Waals surface area contributed by atoms with Gasteiger partial charge in [-0.3, -0.25) is 20.4 Å². The van der Waals surface area contributed by atoms with E-state index in [0.29, 0.717) is 0 Å². The molecule has 0 aromatic heterocycles. The van der Waals surface area contributed by atoms with E-state index in [1.807, 2.05) is 10.9 Å². The van der Waals surface area contributed by atoms with Crippen LogP contribution in [0.25, 0.3) is 0 Å². The second-order valence-corrected chi connectivity index (χ2v) is 11.1. The lowest BCUT2D eigenvalue weighted by Crippen LogP contribution is -2.44. The molecule has 39 heavy (non-hydrogen) atoms. The molecule has 2 aromatic carbocycles. The van der Waals surface area contributed by atoms with Gasteiger partial charge >= 0.3 is 12.4 Å². The number of halogens is 8. The standard InChI is InChI=1S/C22H17ClF7N3O5S/c1-10-5-11(3-4-13(10)19(35)32-31-17(34)9-39(2,36)37)16-8-20(38-33-16,22(28,29)30)14-6-12(21(25,26)27)7-15(23)18(14)24/h3-7H,8-9H2,1-2H3,(H,31,34)(H,32,35)/t20-/m1/s1. The van der Waals surface area contributed by atoms with Crippen LogP contribution in [0, 0.1) is 12.7 Å². The normalized spacial score (nSPS) is 17.8. The predicted octanol–water partition coefficient (Wildman–Crippen LogP) is 4.19. The van der Waals surface area contributed by atoms with Crippen LogP contribution in [0.2, 0.25) is 5.02 Å². The quantitative estimate of drug-likeness (QED) is 0.393. The monoisotopic (exact) mass is 603 g/mol. The number of hydrogen-bond donors (Lipinski definition) is 2. The van der Waals surface area contributed by atoms with Crippen LogP contribution in [0.5, 0.6) is 0 Å². The van der Waals surface area contributed by atoms with Crippen molar-refractivity contribution in [1.82, 2.24) is 10.9 Å². The summed E-state index contributed by atoms with van der Waals surface area (Å²) in [7, 11) is -3.67. The first kappa shape index (κ1) is 30.1. The molecule has 1 atom stereocenters. The first-order valence-electron chi connectivity index (χ1n) is 10.5. The molecule has 0 saturated heterocycles. The van der Waals surface area contributed by atoms with Crippen LogP contribution in [0.3, 0.4) is 0 Å². The molecule has 1 aliphatic heterocycles. The van der Waals surface area contributed by atoms with Crippen molar-refractivity contribution in [3.05, 3.63) is 69.0 Å². The van der Waals surface area contributed by atoms with Crippen LogP contribution in [0.15, 0.2) is 35.5 Å². The fourth-order valence-electron chi connectivity index (χ4n) is 3.65. The first-order valence-corrected chi connectivity index (χ1v) is 13.0. The van der Waals surface area contributed by atoms with Gasteiger partial charge in [0, 0.05) is 17.4 Å². The van der Waals surface area contributed by atoms with E-state index in [1.54, 1.807) is 0 Å². The summed E-state index contributed by atoms with van der Waals surface area (Å²) in [5, 5.41) is 2.17. The topological polar surface area (TPSA) is 114 Å². The number of oxime groups is 1. The van der Waals surface area contributed by atoms with Gasteiger partial charge in [0.2, 0.25) is 0 Å². The molecule has 2 amide bonds. The summed E-state index contributed by atoms with van der Waals surface area (Å²) < 4.78 is 119. The third-order valence-corrected chi connectivity index (χ3v) is 6.55. The molecule has 0 bridgehead atoms. The van der Waals surface area contributed by atoms with Crippen LogP contribution in [-0.4, -0.2) is 44.1 Å². The lowest BCUT2D eigenvalue weighted by Gasteiger charge is -2.30. The smallest absolute Gasteiger partial charge is 0.374 e. The summed E-state index contributed by atoms with van der Waals surface area (Å²) >= 11 is 5.48. The van der Waals surface area contributed by atoms with Crippen molar-refractivity contribution in [3.63, 3.8) is 0 Å². The van der Waals surface area contributed by atoms with Crippen LogP contribution in [-0.2, 0) is 31.2 Å². The molecule has 0 fully saturated rings. The number of sulfone groups is 1. The zero-order valence-electron chi connectivity index (χ0n) is 19.7. The maximum atomic E-state index is 14.7. The van der Waals surface area contributed by atoms with E-state index >= 15 is 0 Å². The van der Waals surface area contributed by atoms with Crippen LogP contribution in [0.1, 0.15) is 39.0 Å². The van der Waals surface area contributed by atoms with Gasteiger partial charge < -0.3 is 4.84 Å². The number of rotatable bonds is 5. The Morgan fingerprint density at radius 1 is 1.10 bits per heavy atom. The Kier molecular flexibility index (Phi) is 7.96. The number of amides is 2.